The number of hydrogen-bond acceptors (Lipinski definition) is 6. The molecule has 2 aromatic heterocycles. The van der Waals surface area contributed by atoms with E-state index in [1.807, 2.05) is 12.1 Å². The molecule has 2 heterocycles. The Hall–Kier alpha value is -3.52. The first-order chi connectivity index (χ1) is 17.0. The van der Waals surface area contributed by atoms with Gasteiger partial charge >= 0.3 is 6.61 Å². The average Bonchev–Trinajstić information content (AvgIpc) is 2.84. The number of rotatable bonds is 10. The molecule has 1 atom stereocenters. The van der Waals surface area contributed by atoms with Gasteiger partial charge in [0, 0.05) is 41.7 Å². The summed E-state index contributed by atoms with van der Waals surface area (Å²) in [5.74, 6) is 0.337. The van der Waals surface area contributed by atoms with Crippen LogP contribution in [0.2, 0.25) is 0 Å². The second-order valence-electron chi connectivity index (χ2n) is 8.46. The van der Waals surface area contributed by atoms with Crippen LogP contribution in [0.25, 0.3) is 11.3 Å². The Labute approximate surface area is 203 Å². The van der Waals surface area contributed by atoms with Crippen LogP contribution in [0.5, 0.6) is 11.6 Å². The molecule has 1 aliphatic carbocycles. The van der Waals surface area contributed by atoms with Gasteiger partial charge in [-0.2, -0.15) is 8.78 Å². The molecule has 0 saturated heterocycles. The molecule has 1 aliphatic rings. The number of nitrogens with zero attached hydrogens (tertiary/aromatic N) is 2. The van der Waals surface area contributed by atoms with Crippen LogP contribution in [0.3, 0.4) is 0 Å². The molecule has 0 amide bonds. The minimum Gasteiger partial charge on any atom is -0.494 e. The minimum atomic E-state index is -2.96. The standard InChI is InChI=1S/C27H29F2N3O3/c1-17(19-8-6-18(7-9-19)15-31-23(16-33)20-4-3-5-20)22-10-11-24(34-2)26(32-22)21-12-13-30-25(14-21)35-27(28)29/h6-14,17,27,31,33H,3-5,15-16H2,1-2H3. The lowest BCUT2D eigenvalue weighted by molar-refractivity contribution is -0.0528. The normalized spacial score (nSPS) is 13.8. The molecule has 35 heavy (non-hydrogen) atoms. The van der Waals surface area contributed by atoms with E-state index in [1.54, 1.807) is 6.07 Å². The molecule has 184 valence electrons. The van der Waals surface area contributed by atoms with E-state index in [9.17, 15) is 13.9 Å². The third-order valence-corrected chi connectivity index (χ3v) is 6.29. The maximum atomic E-state index is 12.6. The number of hydrogen-bond donors (Lipinski definition) is 2. The van der Waals surface area contributed by atoms with Crippen LogP contribution in [0.1, 0.15) is 48.9 Å². The van der Waals surface area contributed by atoms with E-state index < -0.39 is 6.61 Å². The fourth-order valence-electron chi connectivity index (χ4n) is 4.04. The number of halogens is 2. The zero-order chi connectivity index (χ0) is 24.8. The number of allylic oxidation sites excluding steroid dienone is 1. The van der Waals surface area contributed by atoms with Gasteiger partial charge < -0.3 is 19.9 Å². The molecule has 1 unspecified atom stereocenters. The smallest absolute Gasteiger partial charge is 0.388 e. The van der Waals surface area contributed by atoms with Gasteiger partial charge in [0.1, 0.15) is 11.4 Å². The first-order valence-electron chi connectivity index (χ1n) is 11.6. The van der Waals surface area contributed by atoms with Crippen LogP contribution in [-0.4, -0.2) is 35.4 Å². The van der Waals surface area contributed by atoms with Gasteiger partial charge in [-0.3, -0.25) is 0 Å². The summed E-state index contributed by atoms with van der Waals surface area (Å²) in [6.45, 7) is -0.191. The molecule has 0 bridgehead atoms. The quantitative estimate of drug-likeness (QED) is 0.402. The van der Waals surface area contributed by atoms with E-state index in [2.05, 4.69) is 46.2 Å². The van der Waals surface area contributed by atoms with Crippen molar-refractivity contribution in [3.8, 4) is 22.9 Å². The number of ether oxygens (including phenoxy) is 2. The number of aliphatic hydroxyl groups is 1. The van der Waals surface area contributed by atoms with E-state index in [0.29, 0.717) is 23.6 Å². The van der Waals surface area contributed by atoms with Gasteiger partial charge in [0.05, 0.1) is 13.7 Å². The first kappa shape index (κ1) is 24.6. The van der Waals surface area contributed by atoms with Gasteiger partial charge in [-0.05, 0) is 54.2 Å². The monoisotopic (exact) mass is 481 g/mol. The zero-order valence-corrected chi connectivity index (χ0v) is 19.8. The largest absolute Gasteiger partial charge is 0.494 e. The number of nitrogens with one attached hydrogen (secondary N) is 1. The zero-order valence-electron chi connectivity index (χ0n) is 19.8. The van der Waals surface area contributed by atoms with Crippen molar-refractivity contribution in [2.24, 2.45) is 0 Å². The molecule has 3 aromatic rings. The lowest BCUT2D eigenvalue weighted by Crippen LogP contribution is -2.20. The lowest BCUT2D eigenvalue weighted by Gasteiger charge is -2.22. The third kappa shape index (κ3) is 5.95. The number of alkyl halides is 2. The molecule has 0 spiro atoms. The molecular weight excluding hydrogens is 452 g/mol. The minimum absolute atomic E-state index is 0.00890. The molecule has 8 heteroatoms. The summed E-state index contributed by atoms with van der Waals surface area (Å²) < 4.78 is 35.2. The van der Waals surface area contributed by atoms with Gasteiger partial charge in [0.2, 0.25) is 5.88 Å². The Balaban J connectivity index is 1.52. The molecule has 1 aromatic carbocycles. The van der Waals surface area contributed by atoms with Crippen molar-refractivity contribution < 1.29 is 23.4 Å². The van der Waals surface area contributed by atoms with Crippen molar-refractivity contribution in [2.45, 2.75) is 45.3 Å². The van der Waals surface area contributed by atoms with Crippen molar-refractivity contribution in [2.75, 3.05) is 13.7 Å². The first-order valence-corrected chi connectivity index (χ1v) is 11.6. The van der Waals surface area contributed by atoms with Gasteiger partial charge in [-0.25, -0.2) is 9.97 Å². The van der Waals surface area contributed by atoms with Gasteiger partial charge in [-0.1, -0.05) is 31.2 Å². The fourth-order valence-corrected chi connectivity index (χ4v) is 4.04. The summed E-state index contributed by atoms with van der Waals surface area (Å²) >= 11 is 0. The summed E-state index contributed by atoms with van der Waals surface area (Å²) in [4.78, 5) is 8.63. The SMILES string of the molecule is COc1ccc(C(C)c2ccc(CNC(CO)=C3CCC3)cc2)nc1-c1ccnc(OC(F)F)c1. The van der Waals surface area contributed by atoms with Crippen LogP contribution in [-0.2, 0) is 6.54 Å². The van der Waals surface area contributed by atoms with E-state index in [-0.39, 0.29) is 18.4 Å². The molecule has 0 radical (unpaired) electrons. The van der Waals surface area contributed by atoms with E-state index in [0.717, 1.165) is 35.4 Å². The number of methoxy groups -OCH3 is 1. The summed E-state index contributed by atoms with van der Waals surface area (Å²) in [5.41, 5.74) is 6.40. The van der Waals surface area contributed by atoms with Crippen LogP contribution < -0.4 is 14.8 Å². The van der Waals surface area contributed by atoms with E-state index >= 15 is 0 Å². The third-order valence-electron chi connectivity index (χ3n) is 6.29. The van der Waals surface area contributed by atoms with Crippen molar-refractivity contribution in [3.05, 3.63) is 82.8 Å². The molecule has 1 fully saturated rings. The Kier molecular flexibility index (Phi) is 7.92. The Bertz CT molecular complexity index is 1180. The number of pyridine rings is 2. The number of aliphatic hydroxyl groups excluding tert-OH is 1. The van der Waals surface area contributed by atoms with E-state index in [1.165, 1.54) is 31.4 Å². The second-order valence-corrected chi connectivity index (χ2v) is 8.46. The molecule has 4 rings (SSSR count). The summed E-state index contributed by atoms with van der Waals surface area (Å²) in [5, 5.41) is 13.0. The van der Waals surface area contributed by atoms with Gasteiger partial charge in [0.15, 0.2) is 0 Å². The number of aromatic nitrogens is 2. The number of benzene rings is 1. The molecule has 1 saturated carbocycles. The average molecular weight is 482 g/mol. The van der Waals surface area contributed by atoms with Crippen LogP contribution in [0.4, 0.5) is 8.78 Å². The van der Waals surface area contributed by atoms with Gasteiger partial charge in [0.25, 0.3) is 0 Å². The predicted octanol–water partition coefficient (Wildman–Crippen LogP) is 5.43. The van der Waals surface area contributed by atoms with Gasteiger partial charge in [-0.15, -0.1) is 0 Å². The highest BCUT2D eigenvalue weighted by Crippen LogP contribution is 2.33. The van der Waals surface area contributed by atoms with Crippen LogP contribution >= 0.6 is 0 Å². The Morgan fingerprint density at radius 1 is 1.11 bits per heavy atom. The van der Waals surface area contributed by atoms with Crippen LogP contribution in [0, 0.1) is 0 Å². The maximum Gasteiger partial charge on any atom is 0.388 e. The van der Waals surface area contributed by atoms with E-state index in [4.69, 9.17) is 9.72 Å². The summed E-state index contributed by atoms with van der Waals surface area (Å²) in [6.07, 6.45) is 4.73. The van der Waals surface area contributed by atoms with Crippen LogP contribution in [0.15, 0.2) is 66.0 Å². The summed E-state index contributed by atoms with van der Waals surface area (Å²) in [7, 11) is 1.54. The lowest BCUT2D eigenvalue weighted by atomic mass is 9.90. The molecule has 6 nitrogen and oxygen atoms in total. The predicted molar refractivity (Wildman–Crippen MR) is 129 cm³/mol. The molecule has 2 N–H and O–H groups in total. The second kappa shape index (κ2) is 11.3. The van der Waals surface area contributed by atoms with Crippen molar-refractivity contribution in [1.29, 1.82) is 0 Å². The molecular formula is C27H29F2N3O3. The van der Waals surface area contributed by atoms with Crippen molar-refractivity contribution in [3.63, 3.8) is 0 Å². The fraction of sp³-hybridized carbons (Fsp3) is 0.333. The highest BCUT2D eigenvalue weighted by atomic mass is 19.3. The highest BCUT2D eigenvalue weighted by Gasteiger charge is 2.17. The maximum absolute atomic E-state index is 12.6. The van der Waals surface area contributed by atoms with Crippen molar-refractivity contribution >= 4 is 0 Å². The molecule has 0 aliphatic heterocycles. The Morgan fingerprint density at radius 2 is 1.89 bits per heavy atom. The topological polar surface area (TPSA) is 76.5 Å². The Morgan fingerprint density at radius 3 is 2.51 bits per heavy atom. The summed E-state index contributed by atoms with van der Waals surface area (Å²) in [6, 6.07) is 15.1. The highest BCUT2D eigenvalue weighted by molar-refractivity contribution is 5.67. The van der Waals surface area contributed by atoms with Crippen molar-refractivity contribution in [1.82, 2.24) is 15.3 Å².